The normalized spacial score (nSPS) is 20.8. The first-order valence-electron chi connectivity index (χ1n) is 5.07. The molecule has 2 nitrogen and oxygen atoms in total. The summed E-state index contributed by atoms with van der Waals surface area (Å²) in [5.74, 6) is -0.362. The Labute approximate surface area is 106 Å². The van der Waals surface area contributed by atoms with Crippen LogP contribution in [0.15, 0.2) is 18.2 Å². The van der Waals surface area contributed by atoms with E-state index in [1.165, 1.54) is 6.07 Å². The van der Waals surface area contributed by atoms with Crippen molar-refractivity contribution in [2.24, 2.45) is 5.73 Å². The molecule has 0 bridgehead atoms. The van der Waals surface area contributed by atoms with Crippen molar-refractivity contribution in [3.05, 3.63) is 34.6 Å². The number of nitrogens with zero attached hydrogens (tertiary/aromatic N) is 1. The van der Waals surface area contributed by atoms with Gasteiger partial charge in [-0.3, -0.25) is 4.90 Å². The predicted molar refractivity (Wildman–Crippen MR) is 66.5 cm³/mol. The van der Waals surface area contributed by atoms with Gasteiger partial charge in [-0.1, -0.05) is 17.7 Å². The fraction of sp³-hybridized carbons (Fsp3) is 0.455. The van der Waals surface area contributed by atoms with Crippen molar-refractivity contribution in [1.29, 1.82) is 0 Å². The van der Waals surface area contributed by atoms with E-state index in [9.17, 15) is 4.39 Å². The molecule has 90 valence electrons. The molecule has 1 saturated heterocycles. The Bertz CT molecular complexity index is 360. The summed E-state index contributed by atoms with van der Waals surface area (Å²) in [5.41, 5.74) is 6.84. The van der Waals surface area contributed by atoms with Crippen LogP contribution in [0, 0.1) is 5.82 Å². The Balaban J connectivity index is 0.00000128. The molecule has 1 aromatic rings. The van der Waals surface area contributed by atoms with Gasteiger partial charge in [0.05, 0.1) is 5.02 Å². The van der Waals surface area contributed by atoms with Gasteiger partial charge in [0.15, 0.2) is 0 Å². The summed E-state index contributed by atoms with van der Waals surface area (Å²) < 4.78 is 12.9. The molecular weight excluding hydrogens is 250 g/mol. The van der Waals surface area contributed by atoms with Gasteiger partial charge in [0.1, 0.15) is 5.82 Å². The monoisotopic (exact) mass is 264 g/mol. The molecule has 2 N–H and O–H groups in total. The smallest absolute Gasteiger partial charge is 0.141 e. The molecular formula is C11H15Cl2FN2. The van der Waals surface area contributed by atoms with Crippen LogP contribution in [0.4, 0.5) is 4.39 Å². The summed E-state index contributed by atoms with van der Waals surface area (Å²) in [7, 11) is 0. The molecule has 1 aliphatic heterocycles. The van der Waals surface area contributed by atoms with E-state index < -0.39 is 0 Å². The maximum Gasteiger partial charge on any atom is 0.141 e. The Morgan fingerprint density at radius 1 is 1.50 bits per heavy atom. The van der Waals surface area contributed by atoms with E-state index in [0.717, 1.165) is 31.6 Å². The lowest BCUT2D eigenvalue weighted by atomic mass is 10.2. The lowest BCUT2D eigenvalue weighted by Gasteiger charge is -2.15. The van der Waals surface area contributed by atoms with Crippen molar-refractivity contribution in [2.45, 2.75) is 19.0 Å². The van der Waals surface area contributed by atoms with E-state index in [4.69, 9.17) is 17.3 Å². The maximum atomic E-state index is 12.9. The number of benzene rings is 1. The zero-order chi connectivity index (χ0) is 10.8. The average molecular weight is 265 g/mol. The van der Waals surface area contributed by atoms with Crippen LogP contribution in [-0.2, 0) is 6.54 Å². The highest BCUT2D eigenvalue weighted by molar-refractivity contribution is 6.30. The highest BCUT2D eigenvalue weighted by atomic mass is 35.5. The molecule has 1 aliphatic rings. The quantitative estimate of drug-likeness (QED) is 0.889. The maximum absolute atomic E-state index is 12.9. The number of hydrogen-bond donors (Lipinski definition) is 1. The first-order chi connectivity index (χ1) is 7.15. The molecule has 1 heterocycles. The molecule has 0 unspecified atom stereocenters. The second kappa shape index (κ2) is 5.82. The highest BCUT2D eigenvalue weighted by Gasteiger charge is 2.18. The number of hydrogen-bond acceptors (Lipinski definition) is 2. The third-order valence-corrected chi connectivity index (χ3v) is 2.99. The van der Waals surface area contributed by atoms with Gasteiger partial charge in [0, 0.05) is 25.7 Å². The topological polar surface area (TPSA) is 29.3 Å². The van der Waals surface area contributed by atoms with Gasteiger partial charge in [-0.05, 0) is 24.1 Å². The molecule has 0 amide bonds. The van der Waals surface area contributed by atoms with E-state index in [0.29, 0.717) is 0 Å². The van der Waals surface area contributed by atoms with E-state index >= 15 is 0 Å². The van der Waals surface area contributed by atoms with E-state index in [-0.39, 0.29) is 29.3 Å². The molecule has 1 aromatic carbocycles. The Morgan fingerprint density at radius 3 is 2.81 bits per heavy atom. The van der Waals surface area contributed by atoms with Crippen LogP contribution in [0.25, 0.3) is 0 Å². The molecule has 0 aromatic heterocycles. The standard InChI is InChI=1S/C11H14ClFN2.ClH/c12-10-5-8(1-2-11(10)13)6-15-4-3-9(14)7-15;/h1-2,5,9H,3-4,6-7,14H2;1H/t9-;/m0./s1. The second-order valence-corrected chi connectivity index (χ2v) is 4.44. The van der Waals surface area contributed by atoms with Gasteiger partial charge >= 0.3 is 0 Å². The van der Waals surface area contributed by atoms with Gasteiger partial charge in [0.25, 0.3) is 0 Å². The summed E-state index contributed by atoms with van der Waals surface area (Å²) in [6.45, 7) is 2.72. The molecule has 5 heteroatoms. The predicted octanol–water partition coefficient (Wildman–Crippen LogP) is 2.43. The van der Waals surface area contributed by atoms with Crippen LogP contribution in [-0.4, -0.2) is 24.0 Å². The lowest BCUT2D eigenvalue weighted by molar-refractivity contribution is 0.327. The van der Waals surface area contributed by atoms with Crippen LogP contribution in [0.3, 0.4) is 0 Å². The largest absolute Gasteiger partial charge is 0.326 e. The fourth-order valence-electron chi connectivity index (χ4n) is 1.90. The molecule has 1 fully saturated rings. The van der Waals surface area contributed by atoms with Crippen molar-refractivity contribution >= 4 is 24.0 Å². The fourth-order valence-corrected chi connectivity index (χ4v) is 2.11. The van der Waals surface area contributed by atoms with Crippen LogP contribution >= 0.6 is 24.0 Å². The SMILES string of the molecule is Cl.N[C@H]1CCN(Cc2ccc(F)c(Cl)c2)C1. The van der Waals surface area contributed by atoms with E-state index in [1.54, 1.807) is 12.1 Å². The van der Waals surface area contributed by atoms with Crippen LogP contribution < -0.4 is 5.73 Å². The number of nitrogens with two attached hydrogens (primary N) is 1. The van der Waals surface area contributed by atoms with Gasteiger partial charge in [0.2, 0.25) is 0 Å². The lowest BCUT2D eigenvalue weighted by Crippen LogP contribution is -2.26. The van der Waals surface area contributed by atoms with Gasteiger partial charge < -0.3 is 5.73 Å². The van der Waals surface area contributed by atoms with Crippen molar-refractivity contribution in [3.63, 3.8) is 0 Å². The van der Waals surface area contributed by atoms with Crippen molar-refractivity contribution < 1.29 is 4.39 Å². The van der Waals surface area contributed by atoms with Crippen molar-refractivity contribution in [3.8, 4) is 0 Å². The van der Waals surface area contributed by atoms with Crippen LogP contribution in [0.5, 0.6) is 0 Å². The molecule has 0 radical (unpaired) electrons. The first kappa shape index (κ1) is 13.7. The average Bonchev–Trinajstić information content (AvgIpc) is 2.58. The van der Waals surface area contributed by atoms with Crippen LogP contribution in [0.1, 0.15) is 12.0 Å². The minimum atomic E-state index is -0.362. The Morgan fingerprint density at radius 2 is 2.25 bits per heavy atom. The summed E-state index contributed by atoms with van der Waals surface area (Å²) in [6.07, 6.45) is 1.04. The molecule has 16 heavy (non-hydrogen) atoms. The number of halogens is 3. The van der Waals surface area contributed by atoms with Crippen LogP contribution in [0.2, 0.25) is 5.02 Å². The Hall–Kier alpha value is -0.350. The van der Waals surface area contributed by atoms with Gasteiger partial charge in [-0.25, -0.2) is 4.39 Å². The van der Waals surface area contributed by atoms with E-state index in [2.05, 4.69) is 4.90 Å². The summed E-state index contributed by atoms with van der Waals surface area (Å²) in [6, 6.07) is 5.14. The van der Waals surface area contributed by atoms with Crippen molar-refractivity contribution in [2.75, 3.05) is 13.1 Å². The zero-order valence-electron chi connectivity index (χ0n) is 8.83. The number of rotatable bonds is 2. The van der Waals surface area contributed by atoms with Gasteiger partial charge in [-0.2, -0.15) is 0 Å². The molecule has 0 aliphatic carbocycles. The molecule has 1 atom stereocenters. The minimum absolute atomic E-state index is 0. The summed E-state index contributed by atoms with van der Waals surface area (Å²) in [5, 5.41) is 0.191. The minimum Gasteiger partial charge on any atom is -0.326 e. The highest BCUT2D eigenvalue weighted by Crippen LogP contribution is 2.18. The van der Waals surface area contributed by atoms with E-state index in [1.807, 2.05) is 0 Å². The Kier molecular flexibility index (Phi) is 4.99. The third kappa shape index (κ3) is 3.32. The third-order valence-electron chi connectivity index (χ3n) is 2.70. The molecule has 2 rings (SSSR count). The molecule has 0 saturated carbocycles. The number of likely N-dealkylation sites (tertiary alicyclic amines) is 1. The molecule has 0 spiro atoms. The first-order valence-corrected chi connectivity index (χ1v) is 5.45. The van der Waals surface area contributed by atoms with Gasteiger partial charge in [-0.15, -0.1) is 12.4 Å². The summed E-state index contributed by atoms with van der Waals surface area (Å²) >= 11 is 5.71. The summed E-state index contributed by atoms with van der Waals surface area (Å²) in [4.78, 5) is 2.26. The zero-order valence-corrected chi connectivity index (χ0v) is 10.4. The van der Waals surface area contributed by atoms with Crippen molar-refractivity contribution in [1.82, 2.24) is 4.90 Å². The second-order valence-electron chi connectivity index (χ2n) is 4.03.